The van der Waals surface area contributed by atoms with E-state index in [1.165, 1.54) is 6.21 Å². The molecule has 2 amide bonds. The number of nitrogens with one attached hydrogen (secondary N) is 2. The molecule has 8 heteroatoms. The van der Waals surface area contributed by atoms with Crippen LogP contribution in [0.15, 0.2) is 77.9 Å². The van der Waals surface area contributed by atoms with Crippen LogP contribution in [-0.4, -0.2) is 18.0 Å². The first-order valence-corrected chi connectivity index (χ1v) is 9.20. The quantitative estimate of drug-likeness (QED) is 0.346. The number of halogens is 2. The van der Waals surface area contributed by atoms with Crippen molar-refractivity contribution in [1.29, 1.82) is 0 Å². The van der Waals surface area contributed by atoms with E-state index in [0.717, 1.165) is 0 Å². The number of ether oxygens (including phenoxy) is 1. The summed E-state index contributed by atoms with van der Waals surface area (Å²) in [4.78, 5) is 23.9. The molecule has 0 aromatic heterocycles. The second-order valence-corrected chi connectivity index (χ2v) is 6.54. The van der Waals surface area contributed by atoms with Crippen molar-refractivity contribution in [1.82, 2.24) is 5.43 Å². The minimum Gasteiger partial charge on any atom is -0.457 e. The highest BCUT2D eigenvalue weighted by molar-refractivity contribution is 6.40. The molecule has 3 rings (SSSR count). The van der Waals surface area contributed by atoms with Gasteiger partial charge < -0.3 is 10.1 Å². The van der Waals surface area contributed by atoms with Crippen LogP contribution in [0.4, 0.5) is 5.69 Å². The van der Waals surface area contributed by atoms with Crippen LogP contribution in [-0.2, 0) is 9.59 Å². The van der Waals surface area contributed by atoms with Gasteiger partial charge in [0.2, 0.25) is 0 Å². The van der Waals surface area contributed by atoms with Crippen molar-refractivity contribution in [3.8, 4) is 11.5 Å². The smallest absolute Gasteiger partial charge is 0.329 e. The van der Waals surface area contributed by atoms with Gasteiger partial charge in [0.25, 0.3) is 0 Å². The van der Waals surface area contributed by atoms with Crippen LogP contribution in [0, 0.1) is 0 Å². The van der Waals surface area contributed by atoms with Crippen LogP contribution in [0.3, 0.4) is 0 Å². The van der Waals surface area contributed by atoms with Crippen LogP contribution < -0.4 is 15.5 Å². The number of para-hydroxylation sites is 1. The Labute approximate surface area is 177 Å². The highest BCUT2D eigenvalue weighted by Gasteiger charge is 2.13. The highest BCUT2D eigenvalue weighted by Crippen LogP contribution is 2.23. The van der Waals surface area contributed by atoms with Gasteiger partial charge >= 0.3 is 11.8 Å². The predicted molar refractivity (Wildman–Crippen MR) is 114 cm³/mol. The van der Waals surface area contributed by atoms with E-state index >= 15 is 0 Å². The van der Waals surface area contributed by atoms with Crippen LogP contribution in [0.5, 0.6) is 11.5 Å². The summed E-state index contributed by atoms with van der Waals surface area (Å²) in [5.74, 6) is -0.516. The van der Waals surface area contributed by atoms with Gasteiger partial charge in [-0.15, -0.1) is 0 Å². The topological polar surface area (TPSA) is 79.8 Å². The summed E-state index contributed by atoms with van der Waals surface area (Å²) in [6.45, 7) is 0. The third-order valence-corrected chi connectivity index (χ3v) is 4.32. The lowest BCUT2D eigenvalue weighted by molar-refractivity contribution is -0.136. The SMILES string of the molecule is O=C(N/N=C\c1c(Cl)cccc1Cl)C(=O)Nc1ccc(Oc2ccccc2)cc1. The van der Waals surface area contributed by atoms with Crippen molar-refractivity contribution in [3.05, 3.63) is 88.4 Å². The Morgan fingerprint density at radius 2 is 1.41 bits per heavy atom. The summed E-state index contributed by atoms with van der Waals surface area (Å²) in [7, 11) is 0. The lowest BCUT2D eigenvalue weighted by atomic mass is 10.2. The largest absolute Gasteiger partial charge is 0.457 e. The molecule has 146 valence electrons. The third-order valence-electron chi connectivity index (χ3n) is 3.66. The molecule has 0 saturated carbocycles. The number of rotatable bonds is 5. The summed E-state index contributed by atoms with van der Waals surface area (Å²) >= 11 is 12.0. The van der Waals surface area contributed by atoms with Crippen LogP contribution in [0.1, 0.15) is 5.56 Å². The highest BCUT2D eigenvalue weighted by atomic mass is 35.5. The van der Waals surface area contributed by atoms with Crippen molar-refractivity contribution in [2.24, 2.45) is 5.10 Å². The second kappa shape index (κ2) is 9.73. The minimum absolute atomic E-state index is 0.373. The van der Waals surface area contributed by atoms with Crippen LogP contribution >= 0.6 is 23.2 Å². The zero-order chi connectivity index (χ0) is 20.6. The standard InChI is InChI=1S/C21H15Cl2N3O3/c22-18-7-4-8-19(23)17(18)13-24-26-21(28)20(27)25-14-9-11-16(12-10-14)29-15-5-2-1-3-6-15/h1-13H,(H,25,27)(H,26,28)/b24-13-. The van der Waals surface area contributed by atoms with Crippen LogP contribution in [0.25, 0.3) is 0 Å². The molecule has 0 heterocycles. The second-order valence-electron chi connectivity index (χ2n) is 5.73. The Bertz CT molecular complexity index is 1020. The van der Waals surface area contributed by atoms with E-state index in [4.69, 9.17) is 27.9 Å². The molecule has 0 aliphatic carbocycles. The minimum atomic E-state index is -0.936. The zero-order valence-electron chi connectivity index (χ0n) is 14.9. The van der Waals surface area contributed by atoms with E-state index in [2.05, 4.69) is 15.8 Å². The molecule has 2 N–H and O–H groups in total. The van der Waals surface area contributed by atoms with Gasteiger partial charge in [0.1, 0.15) is 11.5 Å². The Morgan fingerprint density at radius 1 is 0.793 bits per heavy atom. The Balaban J connectivity index is 1.54. The monoisotopic (exact) mass is 427 g/mol. The first kappa shape index (κ1) is 20.4. The van der Waals surface area contributed by atoms with Crippen molar-refractivity contribution >= 4 is 46.9 Å². The number of anilines is 1. The molecule has 0 fully saturated rings. The Kier molecular flexibility index (Phi) is 6.84. The first-order chi connectivity index (χ1) is 14.0. The molecule has 3 aromatic carbocycles. The van der Waals surface area contributed by atoms with Gasteiger partial charge in [-0.05, 0) is 48.5 Å². The lowest BCUT2D eigenvalue weighted by Crippen LogP contribution is -2.32. The van der Waals surface area contributed by atoms with Gasteiger partial charge in [-0.25, -0.2) is 5.43 Å². The lowest BCUT2D eigenvalue weighted by Gasteiger charge is -2.07. The van der Waals surface area contributed by atoms with Gasteiger partial charge in [0, 0.05) is 11.3 Å². The fourth-order valence-corrected chi connectivity index (χ4v) is 2.75. The molecule has 29 heavy (non-hydrogen) atoms. The van der Waals surface area contributed by atoms with E-state index in [1.54, 1.807) is 42.5 Å². The normalized spacial score (nSPS) is 10.6. The number of hydrogen-bond donors (Lipinski definition) is 2. The number of benzene rings is 3. The van der Waals surface area contributed by atoms with E-state index in [9.17, 15) is 9.59 Å². The first-order valence-electron chi connectivity index (χ1n) is 8.44. The maximum Gasteiger partial charge on any atom is 0.329 e. The van der Waals surface area contributed by atoms with Crippen molar-refractivity contribution < 1.29 is 14.3 Å². The molecule has 0 saturated heterocycles. The van der Waals surface area contributed by atoms with E-state index in [1.807, 2.05) is 30.3 Å². The molecule has 0 atom stereocenters. The average molecular weight is 428 g/mol. The van der Waals surface area contributed by atoms with Gasteiger partial charge in [0.05, 0.1) is 16.3 Å². The van der Waals surface area contributed by atoms with Gasteiger partial charge in [0.15, 0.2) is 0 Å². The molecular formula is C21H15Cl2N3O3. The molecule has 0 spiro atoms. The molecular weight excluding hydrogens is 413 g/mol. The molecule has 6 nitrogen and oxygen atoms in total. The van der Waals surface area contributed by atoms with E-state index < -0.39 is 11.8 Å². The fourth-order valence-electron chi connectivity index (χ4n) is 2.26. The predicted octanol–water partition coefficient (Wildman–Crippen LogP) is 4.87. The summed E-state index contributed by atoms with van der Waals surface area (Å²) < 4.78 is 5.67. The summed E-state index contributed by atoms with van der Waals surface area (Å²) in [6.07, 6.45) is 1.27. The van der Waals surface area contributed by atoms with E-state index in [-0.39, 0.29) is 0 Å². The summed E-state index contributed by atoms with van der Waals surface area (Å²) in [6, 6.07) is 20.8. The number of carbonyl (C=O) groups excluding carboxylic acids is 2. The number of hydrogen-bond acceptors (Lipinski definition) is 4. The van der Waals surface area contributed by atoms with Gasteiger partial charge in [-0.1, -0.05) is 47.5 Å². The maximum absolute atomic E-state index is 12.0. The molecule has 0 radical (unpaired) electrons. The Morgan fingerprint density at radius 3 is 2.07 bits per heavy atom. The van der Waals surface area contributed by atoms with Crippen LogP contribution in [0.2, 0.25) is 10.0 Å². The molecule has 0 aliphatic rings. The third kappa shape index (κ3) is 5.81. The number of hydrazone groups is 1. The van der Waals surface area contributed by atoms with Crippen molar-refractivity contribution in [3.63, 3.8) is 0 Å². The fraction of sp³-hybridized carbons (Fsp3) is 0. The molecule has 3 aromatic rings. The molecule has 0 unspecified atom stereocenters. The van der Waals surface area contributed by atoms with Gasteiger partial charge in [-0.2, -0.15) is 5.10 Å². The number of amides is 2. The zero-order valence-corrected chi connectivity index (χ0v) is 16.4. The van der Waals surface area contributed by atoms with E-state index in [0.29, 0.717) is 32.8 Å². The summed E-state index contributed by atoms with van der Waals surface area (Å²) in [5, 5.41) is 6.93. The number of carbonyl (C=O) groups is 2. The van der Waals surface area contributed by atoms with Crippen molar-refractivity contribution in [2.75, 3.05) is 5.32 Å². The molecule has 0 aliphatic heterocycles. The average Bonchev–Trinajstić information content (AvgIpc) is 2.72. The van der Waals surface area contributed by atoms with Gasteiger partial charge in [-0.3, -0.25) is 9.59 Å². The summed E-state index contributed by atoms with van der Waals surface area (Å²) in [5.41, 5.74) is 3.00. The maximum atomic E-state index is 12.0. The number of nitrogens with zero attached hydrogens (tertiary/aromatic N) is 1. The Hall–Kier alpha value is -3.35. The van der Waals surface area contributed by atoms with Crippen molar-refractivity contribution in [2.45, 2.75) is 0 Å². The molecule has 0 bridgehead atoms.